The van der Waals surface area contributed by atoms with Gasteiger partial charge in [0.15, 0.2) is 5.16 Å². The SMILES string of the molecule is C=CCSc1nc2scc(-c3ccccc3)c2c(=O)[nH]1. The van der Waals surface area contributed by atoms with Gasteiger partial charge in [-0.25, -0.2) is 4.98 Å². The van der Waals surface area contributed by atoms with E-state index in [-0.39, 0.29) is 5.56 Å². The average Bonchev–Trinajstić information content (AvgIpc) is 2.90. The Morgan fingerprint density at radius 2 is 2.15 bits per heavy atom. The molecule has 0 saturated carbocycles. The Kier molecular flexibility index (Phi) is 3.71. The third-order valence-corrected chi connectivity index (χ3v) is 4.59. The van der Waals surface area contributed by atoms with Crippen molar-refractivity contribution in [2.45, 2.75) is 5.16 Å². The van der Waals surface area contributed by atoms with Crippen molar-refractivity contribution >= 4 is 33.3 Å². The van der Waals surface area contributed by atoms with Crippen molar-refractivity contribution < 1.29 is 0 Å². The van der Waals surface area contributed by atoms with Crippen LogP contribution >= 0.6 is 23.1 Å². The van der Waals surface area contributed by atoms with Crippen LogP contribution in [0.25, 0.3) is 21.3 Å². The van der Waals surface area contributed by atoms with Gasteiger partial charge in [-0.1, -0.05) is 48.2 Å². The molecular weight excluding hydrogens is 288 g/mol. The molecule has 1 aromatic carbocycles. The number of H-pyrrole nitrogens is 1. The lowest BCUT2D eigenvalue weighted by Crippen LogP contribution is -2.08. The standard InChI is InChI=1S/C15H12N2OS2/c1-2-8-19-15-16-13(18)12-11(9-20-14(12)17-15)10-6-4-3-5-7-10/h2-7,9H,1,8H2,(H,16,17,18). The minimum atomic E-state index is -0.0818. The molecule has 0 bridgehead atoms. The predicted octanol–water partition coefficient (Wildman–Crippen LogP) is 3.93. The van der Waals surface area contributed by atoms with Gasteiger partial charge in [0.1, 0.15) is 4.83 Å². The largest absolute Gasteiger partial charge is 0.301 e. The summed E-state index contributed by atoms with van der Waals surface area (Å²) in [6.07, 6.45) is 1.79. The van der Waals surface area contributed by atoms with E-state index in [0.717, 1.165) is 21.7 Å². The topological polar surface area (TPSA) is 45.8 Å². The van der Waals surface area contributed by atoms with E-state index in [9.17, 15) is 4.79 Å². The molecule has 0 saturated heterocycles. The molecule has 3 nitrogen and oxygen atoms in total. The zero-order valence-electron chi connectivity index (χ0n) is 10.6. The van der Waals surface area contributed by atoms with Crippen molar-refractivity contribution in [2.75, 3.05) is 5.75 Å². The van der Waals surface area contributed by atoms with Crippen LogP contribution in [0.4, 0.5) is 0 Å². The average molecular weight is 300 g/mol. The number of hydrogen-bond donors (Lipinski definition) is 1. The summed E-state index contributed by atoms with van der Waals surface area (Å²) in [5.41, 5.74) is 1.90. The zero-order chi connectivity index (χ0) is 13.9. The van der Waals surface area contributed by atoms with Crippen LogP contribution in [-0.4, -0.2) is 15.7 Å². The van der Waals surface area contributed by atoms with Crippen molar-refractivity contribution in [3.63, 3.8) is 0 Å². The molecule has 0 aliphatic heterocycles. The first-order valence-electron chi connectivity index (χ1n) is 6.10. The Balaban J connectivity index is 2.14. The molecule has 0 unspecified atom stereocenters. The zero-order valence-corrected chi connectivity index (χ0v) is 12.3. The number of rotatable bonds is 4. The number of hydrogen-bond acceptors (Lipinski definition) is 4. The second-order valence-corrected chi connectivity index (χ2v) is 6.03. The maximum absolute atomic E-state index is 12.3. The van der Waals surface area contributed by atoms with Gasteiger partial charge >= 0.3 is 0 Å². The molecule has 0 aliphatic carbocycles. The summed E-state index contributed by atoms with van der Waals surface area (Å²) in [6.45, 7) is 3.67. The van der Waals surface area contributed by atoms with Gasteiger partial charge < -0.3 is 4.98 Å². The van der Waals surface area contributed by atoms with Crippen LogP contribution in [0.5, 0.6) is 0 Å². The second kappa shape index (κ2) is 5.64. The molecule has 3 rings (SSSR count). The molecule has 0 fully saturated rings. The number of fused-ring (bicyclic) bond motifs is 1. The minimum absolute atomic E-state index is 0.0818. The van der Waals surface area contributed by atoms with Crippen LogP contribution in [0.3, 0.4) is 0 Å². The van der Waals surface area contributed by atoms with Gasteiger partial charge in [-0.2, -0.15) is 0 Å². The van der Waals surface area contributed by atoms with E-state index in [1.54, 1.807) is 6.08 Å². The fraction of sp³-hybridized carbons (Fsp3) is 0.0667. The quantitative estimate of drug-likeness (QED) is 0.451. The summed E-state index contributed by atoms with van der Waals surface area (Å²) < 4.78 is 0. The molecule has 0 atom stereocenters. The van der Waals surface area contributed by atoms with Gasteiger partial charge in [-0.3, -0.25) is 4.79 Å². The van der Waals surface area contributed by atoms with Gasteiger partial charge in [-0.05, 0) is 5.56 Å². The molecule has 0 amide bonds. The van der Waals surface area contributed by atoms with Gasteiger partial charge in [0, 0.05) is 16.7 Å². The Hall–Kier alpha value is -1.85. The Labute approximate surface area is 124 Å². The highest BCUT2D eigenvalue weighted by Crippen LogP contribution is 2.31. The molecule has 0 spiro atoms. The van der Waals surface area contributed by atoms with Crippen molar-refractivity contribution in [3.8, 4) is 11.1 Å². The molecule has 3 aromatic rings. The van der Waals surface area contributed by atoms with Crippen molar-refractivity contribution in [1.82, 2.24) is 9.97 Å². The van der Waals surface area contributed by atoms with Crippen LogP contribution in [0, 0.1) is 0 Å². The highest BCUT2D eigenvalue weighted by Gasteiger charge is 2.12. The fourth-order valence-electron chi connectivity index (χ4n) is 1.97. The molecule has 20 heavy (non-hydrogen) atoms. The fourth-order valence-corrected chi connectivity index (χ4v) is 3.57. The van der Waals surface area contributed by atoms with Crippen molar-refractivity contribution in [3.05, 3.63) is 58.7 Å². The summed E-state index contributed by atoms with van der Waals surface area (Å²) in [6, 6.07) is 9.90. The first-order valence-corrected chi connectivity index (χ1v) is 7.97. The van der Waals surface area contributed by atoms with E-state index in [1.807, 2.05) is 35.7 Å². The minimum Gasteiger partial charge on any atom is -0.301 e. The maximum atomic E-state index is 12.3. The van der Waals surface area contributed by atoms with Gasteiger partial charge in [0.2, 0.25) is 0 Å². The third-order valence-electron chi connectivity index (χ3n) is 2.84. The highest BCUT2D eigenvalue weighted by atomic mass is 32.2. The molecule has 2 aromatic heterocycles. The molecule has 0 aliphatic rings. The van der Waals surface area contributed by atoms with Crippen molar-refractivity contribution in [1.29, 1.82) is 0 Å². The predicted molar refractivity (Wildman–Crippen MR) is 86.6 cm³/mol. The number of thioether (sulfide) groups is 1. The van der Waals surface area contributed by atoms with E-state index >= 15 is 0 Å². The molecular formula is C15H12N2OS2. The first-order chi connectivity index (χ1) is 9.79. The number of aromatic nitrogens is 2. The summed E-state index contributed by atoms with van der Waals surface area (Å²) in [5.74, 6) is 0.728. The van der Waals surface area contributed by atoms with Crippen LogP contribution in [0.1, 0.15) is 0 Å². The number of nitrogens with zero attached hydrogens (tertiary/aromatic N) is 1. The molecule has 5 heteroatoms. The lowest BCUT2D eigenvalue weighted by Gasteiger charge is -2.00. The first kappa shape index (κ1) is 13.1. The summed E-state index contributed by atoms with van der Waals surface area (Å²) in [4.78, 5) is 20.4. The Morgan fingerprint density at radius 3 is 2.90 bits per heavy atom. The second-order valence-electron chi connectivity index (χ2n) is 4.17. The number of thiophene rings is 1. The lowest BCUT2D eigenvalue weighted by molar-refractivity contribution is 0.982. The summed E-state index contributed by atoms with van der Waals surface area (Å²) in [7, 11) is 0. The molecule has 0 radical (unpaired) electrons. The van der Waals surface area contributed by atoms with E-state index in [0.29, 0.717) is 10.5 Å². The number of benzene rings is 1. The molecule has 100 valence electrons. The van der Waals surface area contributed by atoms with E-state index in [2.05, 4.69) is 16.5 Å². The van der Waals surface area contributed by atoms with Gasteiger partial charge in [0.25, 0.3) is 5.56 Å². The lowest BCUT2D eigenvalue weighted by atomic mass is 10.1. The normalized spacial score (nSPS) is 10.8. The van der Waals surface area contributed by atoms with Crippen LogP contribution in [-0.2, 0) is 0 Å². The van der Waals surface area contributed by atoms with E-state index in [4.69, 9.17) is 0 Å². The van der Waals surface area contributed by atoms with E-state index in [1.165, 1.54) is 23.1 Å². The van der Waals surface area contributed by atoms with E-state index < -0.39 is 0 Å². The van der Waals surface area contributed by atoms with Crippen LogP contribution in [0.15, 0.2) is 58.3 Å². The van der Waals surface area contributed by atoms with Gasteiger partial charge in [0.05, 0.1) is 5.39 Å². The third kappa shape index (κ3) is 2.42. The molecule has 2 heterocycles. The number of aromatic amines is 1. The Bertz CT molecular complexity index is 806. The molecule has 1 N–H and O–H groups in total. The van der Waals surface area contributed by atoms with Crippen molar-refractivity contribution in [2.24, 2.45) is 0 Å². The van der Waals surface area contributed by atoms with Gasteiger partial charge in [-0.15, -0.1) is 17.9 Å². The highest BCUT2D eigenvalue weighted by molar-refractivity contribution is 7.99. The smallest absolute Gasteiger partial charge is 0.260 e. The maximum Gasteiger partial charge on any atom is 0.260 e. The summed E-state index contributed by atoms with van der Waals surface area (Å²) in [5, 5.41) is 3.30. The van der Waals surface area contributed by atoms with Crippen LogP contribution in [0.2, 0.25) is 0 Å². The monoisotopic (exact) mass is 300 g/mol. The number of nitrogens with one attached hydrogen (secondary N) is 1. The summed E-state index contributed by atoms with van der Waals surface area (Å²) >= 11 is 2.98. The Morgan fingerprint density at radius 1 is 1.35 bits per heavy atom. The van der Waals surface area contributed by atoms with Crippen LogP contribution < -0.4 is 5.56 Å².